The smallest absolute Gasteiger partial charge is 0.0783 e. The number of hydrogen-bond donors (Lipinski definition) is 1. The fraction of sp³-hybridized carbons (Fsp3) is 1.00. The molecule has 2 aliphatic rings. The fourth-order valence-electron chi connectivity index (χ4n) is 3.64. The number of ether oxygens (including phenoxy) is 2. The predicted molar refractivity (Wildman–Crippen MR) is 91.1 cm³/mol. The quantitative estimate of drug-likeness (QED) is 0.743. The largest absolute Gasteiger partial charge is 0.382 e. The first-order valence-electron chi connectivity index (χ1n) is 8.67. The van der Waals surface area contributed by atoms with E-state index in [9.17, 15) is 0 Å². The van der Waals surface area contributed by atoms with Crippen LogP contribution >= 0.6 is 11.8 Å². The highest BCUT2D eigenvalue weighted by Gasteiger charge is 2.42. The second kappa shape index (κ2) is 8.76. The number of hydrogen-bond acceptors (Lipinski definition) is 4. The molecule has 2 rings (SSSR count). The van der Waals surface area contributed by atoms with Crippen molar-refractivity contribution in [1.29, 1.82) is 0 Å². The van der Waals surface area contributed by atoms with Gasteiger partial charge in [-0.2, -0.15) is 11.8 Å². The maximum Gasteiger partial charge on any atom is 0.0783 e. The predicted octanol–water partition coefficient (Wildman–Crippen LogP) is 3.47. The van der Waals surface area contributed by atoms with E-state index in [0.29, 0.717) is 12.1 Å². The van der Waals surface area contributed by atoms with Crippen molar-refractivity contribution in [3.8, 4) is 0 Å². The van der Waals surface area contributed by atoms with Crippen LogP contribution in [0.5, 0.6) is 0 Å². The van der Waals surface area contributed by atoms with Crippen molar-refractivity contribution in [3.63, 3.8) is 0 Å². The van der Waals surface area contributed by atoms with Crippen LogP contribution < -0.4 is 5.32 Å². The molecule has 0 aromatic heterocycles. The molecule has 0 aromatic carbocycles. The molecule has 1 spiro atoms. The van der Waals surface area contributed by atoms with E-state index in [1.54, 1.807) is 0 Å². The monoisotopic (exact) mass is 315 g/mol. The van der Waals surface area contributed by atoms with Crippen molar-refractivity contribution in [2.75, 3.05) is 31.8 Å². The van der Waals surface area contributed by atoms with Gasteiger partial charge in [0.25, 0.3) is 0 Å². The van der Waals surface area contributed by atoms with E-state index in [-0.39, 0.29) is 5.60 Å². The molecule has 0 bridgehead atoms. The Morgan fingerprint density at radius 1 is 1.43 bits per heavy atom. The highest BCUT2D eigenvalue weighted by Crippen LogP contribution is 2.41. The van der Waals surface area contributed by atoms with Crippen molar-refractivity contribution in [2.24, 2.45) is 5.92 Å². The van der Waals surface area contributed by atoms with Gasteiger partial charge in [0, 0.05) is 25.5 Å². The highest BCUT2D eigenvalue weighted by molar-refractivity contribution is 7.99. The van der Waals surface area contributed by atoms with Gasteiger partial charge in [0.05, 0.1) is 11.7 Å². The van der Waals surface area contributed by atoms with Crippen LogP contribution in [0.2, 0.25) is 0 Å². The van der Waals surface area contributed by atoms with Crippen molar-refractivity contribution >= 4 is 11.8 Å². The first-order valence-corrected chi connectivity index (χ1v) is 9.82. The normalized spacial score (nSPS) is 32.4. The summed E-state index contributed by atoms with van der Waals surface area (Å²) in [6.45, 7) is 6.51. The number of nitrogens with one attached hydrogen (secondary N) is 1. The standard InChI is InChI=1S/C17H33NO2S/c1-4-9-18-16(6-5-14(2)19-3)15-7-10-20-17(12-15)8-11-21-13-17/h14-16,18H,4-13H2,1-3H3. The molecule has 3 nitrogen and oxygen atoms in total. The first kappa shape index (κ1) is 17.6. The second-order valence-corrected chi connectivity index (χ2v) is 7.88. The van der Waals surface area contributed by atoms with Crippen LogP contribution in [0, 0.1) is 5.92 Å². The number of methoxy groups -OCH3 is 1. The van der Waals surface area contributed by atoms with Crippen molar-refractivity contribution in [2.45, 2.75) is 70.1 Å². The molecule has 2 heterocycles. The third-order valence-corrected chi connectivity index (χ3v) is 6.33. The van der Waals surface area contributed by atoms with Crippen LogP contribution in [0.3, 0.4) is 0 Å². The molecule has 4 atom stereocenters. The summed E-state index contributed by atoms with van der Waals surface area (Å²) < 4.78 is 11.6. The lowest BCUT2D eigenvalue weighted by molar-refractivity contribution is -0.0859. The summed E-state index contributed by atoms with van der Waals surface area (Å²) in [5, 5.41) is 3.81. The average Bonchev–Trinajstić information content (AvgIpc) is 2.94. The van der Waals surface area contributed by atoms with Crippen LogP contribution in [0.25, 0.3) is 0 Å². The van der Waals surface area contributed by atoms with E-state index < -0.39 is 0 Å². The molecular weight excluding hydrogens is 282 g/mol. The van der Waals surface area contributed by atoms with E-state index in [2.05, 4.69) is 30.9 Å². The molecule has 1 N–H and O–H groups in total. The summed E-state index contributed by atoms with van der Waals surface area (Å²) in [6.07, 6.45) is 7.67. The zero-order valence-corrected chi connectivity index (χ0v) is 14.8. The minimum absolute atomic E-state index is 0.201. The molecule has 0 aliphatic carbocycles. The summed E-state index contributed by atoms with van der Waals surface area (Å²) in [4.78, 5) is 0. The lowest BCUT2D eigenvalue weighted by Gasteiger charge is -2.41. The van der Waals surface area contributed by atoms with Gasteiger partial charge in [-0.15, -0.1) is 0 Å². The van der Waals surface area contributed by atoms with E-state index in [1.165, 1.54) is 43.6 Å². The Balaban J connectivity index is 1.91. The Morgan fingerprint density at radius 3 is 2.95 bits per heavy atom. The number of thioether (sulfide) groups is 1. The summed E-state index contributed by atoms with van der Waals surface area (Å²) in [6, 6.07) is 0.633. The fourth-order valence-corrected chi connectivity index (χ4v) is 5.02. The Kier molecular flexibility index (Phi) is 7.33. The molecule has 124 valence electrons. The maximum absolute atomic E-state index is 6.18. The molecule has 0 amide bonds. The van der Waals surface area contributed by atoms with Gasteiger partial charge in [-0.05, 0) is 63.7 Å². The van der Waals surface area contributed by atoms with E-state index in [4.69, 9.17) is 9.47 Å². The third-order valence-electron chi connectivity index (χ3n) is 5.11. The lowest BCUT2D eigenvalue weighted by Crippen LogP contribution is -2.47. The van der Waals surface area contributed by atoms with Gasteiger partial charge in [0.2, 0.25) is 0 Å². The second-order valence-electron chi connectivity index (χ2n) is 6.77. The molecule has 0 aromatic rings. The van der Waals surface area contributed by atoms with Gasteiger partial charge in [0.15, 0.2) is 0 Å². The Bertz CT molecular complexity index is 295. The van der Waals surface area contributed by atoms with Crippen molar-refractivity contribution < 1.29 is 9.47 Å². The van der Waals surface area contributed by atoms with E-state index >= 15 is 0 Å². The van der Waals surface area contributed by atoms with Gasteiger partial charge in [0.1, 0.15) is 0 Å². The van der Waals surface area contributed by atoms with E-state index in [1.807, 2.05) is 7.11 Å². The summed E-state index contributed by atoms with van der Waals surface area (Å²) in [5.74, 6) is 3.26. The van der Waals surface area contributed by atoms with Crippen LogP contribution in [-0.4, -0.2) is 49.5 Å². The van der Waals surface area contributed by atoms with Crippen LogP contribution in [0.15, 0.2) is 0 Å². The zero-order valence-electron chi connectivity index (χ0n) is 14.0. The average molecular weight is 316 g/mol. The van der Waals surface area contributed by atoms with Gasteiger partial charge >= 0.3 is 0 Å². The molecule has 0 saturated carbocycles. The SMILES string of the molecule is CCCNC(CCC(C)OC)C1CCOC2(CCSC2)C1. The van der Waals surface area contributed by atoms with Gasteiger partial charge in [-0.3, -0.25) is 0 Å². The Hall–Kier alpha value is 0.230. The molecule has 4 unspecified atom stereocenters. The van der Waals surface area contributed by atoms with Crippen molar-refractivity contribution in [3.05, 3.63) is 0 Å². The minimum Gasteiger partial charge on any atom is -0.382 e. The molecule has 2 aliphatic heterocycles. The van der Waals surface area contributed by atoms with Crippen molar-refractivity contribution in [1.82, 2.24) is 5.32 Å². The molecule has 21 heavy (non-hydrogen) atoms. The summed E-state index contributed by atoms with van der Waals surface area (Å²) in [7, 11) is 1.82. The van der Waals surface area contributed by atoms with Gasteiger partial charge in [-0.1, -0.05) is 6.92 Å². The van der Waals surface area contributed by atoms with Crippen LogP contribution in [-0.2, 0) is 9.47 Å². The third kappa shape index (κ3) is 5.12. The van der Waals surface area contributed by atoms with Gasteiger partial charge in [-0.25, -0.2) is 0 Å². The van der Waals surface area contributed by atoms with E-state index in [0.717, 1.165) is 25.5 Å². The first-order chi connectivity index (χ1) is 10.2. The van der Waals surface area contributed by atoms with Crippen LogP contribution in [0.1, 0.15) is 52.4 Å². The van der Waals surface area contributed by atoms with Gasteiger partial charge < -0.3 is 14.8 Å². The maximum atomic E-state index is 6.18. The van der Waals surface area contributed by atoms with Crippen LogP contribution in [0.4, 0.5) is 0 Å². The topological polar surface area (TPSA) is 30.5 Å². The summed E-state index contributed by atoms with van der Waals surface area (Å²) in [5.41, 5.74) is 0.201. The molecule has 4 heteroatoms. The molecular formula is C17H33NO2S. The number of rotatable bonds is 8. The summed E-state index contributed by atoms with van der Waals surface area (Å²) >= 11 is 2.07. The molecule has 2 saturated heterocycles. The molecule has 0 radical (unpaired) electrons. The zero-order chi connectivity index (χ0) is 15.1. The molecule has 2 fully saturated rings. The Labute approximate surface area is 134 Å². The highest BCUT2D eigenvalue weighted by atomic mass is 32.2. The Morgan fingerprint density at radius 2 is 2.29 bits per heavy atom. The lowest BCUT2D eigenvalue weighted by atomic mass is 9.79. The minimum atomic E-state index is 0.201.